The number of aryl methyl sites for hydroxylation is 1. The van der Waals surface area contributed by atoms with Crippen LogP contribution < -0.4 is 11.1 Å². The molecule has 3 N–H and O–H groups in total. The Morgan fingerprint density at radius 2 is 1.83 bits per heavy atom. The number of anilines is 2. The summed E-state index contributed by atoms with van der Waals surface area (Å²) in [5.74, 6) is 0. The highest BCUT2D eigenvalue weighted by Gasteiger charge is 2.02. The van der Waals surface area contributed by atoms with Crippen molar-refractivity contribution in [1.82, 2.24) is 0 Å². The average molecular weight is 261 g/mol. The third-order valence-corrected chi connectivity index (χ3v) is 3.22. The molecule has 0 fully saturated rings. The molecule has 0 aliphatic carbocycles. The molecule has 0 heterocycles. The van der Waals surface area contributed by atoms with E-state index in [1.807, 2.05) is 12.1 Å². The summed E-state index contributed by atoms with van der Waals surface area (Å²) in [6, 6.07) is 13.9. The molecule has 0 aliphatic heterocycles. The average Bonchev–Trinajstić information content (AvgIpc) is 2.38. The maximum atomic E-state index is 5.91. The van der Waals surface area contributed by atoms with Crippen LogP contribution in [0.4, 0.5) is 11.4 Å². The molecular weight excluding hydrogens is 244 g/mol. The molecule has 2 rings (SSSR count). The molecule has 0 spiro atoms. The first-order valence-electron chi connectivity index (χ1n) is 6.06. The monoisotopic (exact) mass is 260 g/mol. The van der Waals surface area contributed by atoms with Gasteiger partial charge in [0.1, 0.15) is 0 Å². The van der Waals surface area contributed by atoms with Crippen LogP contribution in [0.15, 0.2) is 42.5 Å². The summed E-state index contributed by atoms with van der Waals surface area (Å²) in [5, 5.41) is 4.01. The number of nitrogen functional groups attached to an aromatic ring is 1. The lowest BCUT2D eigenvalue weighted by Gasteiger charge is -2.12. The van der Waals surface area contributed by atoms with E-state index in [9.17, 15) is 0 Å². The van der Waals surface area contributed by atoms with Crippen LogP contribution in [0.1, 0.15) is 18.1 Å². The van der Waals surface area contributed by atoms with Crippen LogP contribution >= 0.6 is 11.6 Å². The molecule has 0 aliphatic rings. The van der Waals surface area contributed by atoms with Gasteiger partial charge in [-0.25, -0.2) is 0 Å². The predicted octanol–water partition coefficient (Wildman–Crippen LogP) is 4.10. The summed E-state index contributed by atoms with van der Waals surface area (Å²) < 4.78 is 0. The van der Waals surface area contributed by atoms with Gasteiger partial charge in [0.05, 0.1) is 11.4 Å². The van der Waals surface area contributed by atoms with E-state index in [4.69, 9.17) is 17.3 Å². The van der Waals surface area contributed by atoms with Gasteiger partial charge in [-0.05, 0) is 35.7 Å². The van der Waals surface area contributed by atoms with Crippen molar-refractivity contribution < 1.29 is 0 Å². The SMILES string of the molecule is CCc1ccccc1CNc1ccc(Cl)cc1N. The number of nitrogens with one attached hydrogen (secondary N) is 1. The van der Waals surface area contributed by atoms with Gasteiger partial charge in [0.2, 0.25) is 0 Å². The second kappa shape index (κ2) is 5.78. The number of hydrogen-bond acceptors (Lipinski definition) is 2. The minimum atomic E-state index is 0.659. The zero-order valence-electron chi connectivity index (χ0n) is 10.4. The molecule has 94 valence electrons. The molecular formula is C15H17ClN2. The highest BCUT2D eigenvalue weighted by Crippen LogP contribution is 2.23. The molecule has 3 heteroatoms. The largest absolute Gasteiger partial charge is 0.397 e. The Morgan fingerprint density at radius 1 is 1.11 bits per heavy atom. The maximum absolute atomic E-state index is 5.91. The number of halogens is 1. The summed E-state index contributed by atoms with van der Waals surface area (Å²) >= 11 is 5.87. The molecule has 18 heavy (non-hydrogen) atoms. The van der Waals surface area contributed by atoms with E-state index < -0.39 is 0 Å². The van der Waals surface area contributed by atoms with E-state index in [1.165, 1.54) is 11.1 Å². The van der Waals surface area contributed by atoms with Crippen molar-refractivity contribution in [3.05, 3.63) is 58.6 Å². The van der Waals surface area contributed by atoms with E-state index in [-0.39, 0.29) is 0 Å². The van der Waals surface area contributed by atoms with Gasteiger partial charge in [-0.1, -0.05) is 42.8 Å². The Kier molecular flexibility index (Phi) is 4.11. The van der Waals surface area contributed by atoms with Gasteiger partial charge in [-0.15, -0.1) is 0 Å². The van der Waals surface area contributed by atoms with Gasteiger partial charge in [0.25, 0.3) is 0 Å². The Hall–Kier alpha value is -1.67. The van der Waals surface area contributed by atoms with Crippen molar-refractivity contribution in [2.75, 3.05) is 11.1 Å². The second-order valence-corrected chi connectivity index (χ2v) is 4.64. The lowest BCUT2D eigenvalue weighted by molar-refractivity contribution is 1.04. The summed E-state index contributed by atoms with van der Waals surface area (Å²) in [6.07, 6.45) is 1.04. The summed E-state index contributed by atoms with van der Waals surface area (Å²) in [6.45, 7) is 2.94. The first-order chi connectivity index (χ1) is 8.70. The standard InChI is InChI=1S/C15H17ClN2/c1-2-11-5-3-4-6-12(11)10-18-15-8-7-13(16)9-14(15)17/h3-9,18H,2,10,17H2,1H3. The zero-order valence-corrected chi connectivity index (χ0v) is 11.2. The molecule has 0 aromatic heterocycles. The van der Waals surface area contributed by atoms with E-state index >= 15 is 0 Å². The minimum absolute atomic E-state index is 0.659. The van der Waals surface area contributed by atoms with Crippen molar-refractivity contribution in [3.8, 4) is 0 Å². The highest BCUT2D eigenvalue weighted by atomic mass is 35.5. The molecule has 0 saturated heterocycles. The van der Waals surface area contributed by atoms with Crippen LogP contribution in [-0.2, 0) is 13.0 Å². The first kappa shape index (κ1) is 12.8. The number of benzene rings is 2. The minimum Gasteiger partial charge on any atom is -0.397 e. The van der Waals surface area contributed by atoms with Crippen LogP contribution in [-0.4, -0.2) is 0 Å². The molecule has 0 atom stereocenters. The molecule has 0 radical (unpaired) electrons. The van der Waals surface area contributed by atoms with E-state index in [1.54, 1.807) is 6.07 Å². The smallest absolute Gasteiger partial charge is 0.0577 e. The predicted molar refractivity (Wildman–Crippen MR) is 79.0 cm³/mol. The van der Waals surface area contributed by atoms with E-state index in [0.717, 1.165) is 18.7 Å². The van der Waals surface area contributed by atoms with Gasteiger partial charge >= 0.3 is 0 Å². The van der Waals surface area contributed by atoms with E-state index in [0.29, 0.717) is 10.7 Å². The molecule has 2 aromatic rings. The van der Waals surface area contributed by atoms with Crippen molar-refractivity contribution >= 4 is 23.0 Å². The van der Waals surface area contributed by atoms with Crippen LogP contribution in [0.25, 0.3) is 0 Å². The van der Waals surface area contributed by atoms with Crippen LogP contribution in [0, 0.1) is 0 Å². The summed E-state index contributed by atoms with van der Waals surface area (Å²) in [7, 11) is 0. The third-order valence-electron chi connectivity index (χ3n) is 2.98. The summed E-state index contributed by atoms with van der Waals surface area (Å²) in [4.78, 5) is 0. The molecule has 2 nitrogen and oxygen atoms in total. The topological polar surface area (TPSA) is 38.0 Å². The van der Waals surface area contributed by atoms with Gasteiger partial charge in [-0.2, -0.15) is 0 Å². The molecule has 0 bridgehead atoms. The van der Waals surface area contributed by atoms with Crippen molar-refractivity contribution in [1.29, 1.82) is 0 Å². The highest BCUT2D eigenvalue weighted by molar-refractivity contribution is 6.31. The number of nitrogens with two attached hydrogens (primary N) is 1. The van der Waals surface area contributed by atoms with Crippen LogP contribution in [0.5, 0.6) is 0 Å². The quantitative estimate of drug-likeness (QED) is 0.813. The van der Waals surface area contributed by atoms with Crippen molar-refractivity contribution in [3.63, 3.8) is 0 Å². The number of hydrogen-bond donors (Lipinski definition) is 2. The fraction of sp³-hybridized carbons (Fsp3) is 0.200. The van der Waals surface area contributed by atoms with Crippen molar-refractivity contribution in [2.24, 2.45) is 0 Å². The molecule has 0 amide bonds. The molecule has 2 aromatic carbocycles. The van der Waals surface area contributed by atoms with Gasteiger partial charge in [-0.3, -0.25) is 0 Å². The Balaban J connectivity index is 2.11. The van der Waals surface area contributed by atoms with Crippen LogP contribution in [0.2, 0.25) is 5.02 Å². The van der Waals surface area contributed by atoms with Gasteiger partial charge in [0.15, 0.2) is 0 Å². The third kappa shape index (κ3) is 2.96. The maximum Gasteiger partial charge on any atom is 0.0577 e. The van der Waals surface area contributed by atoms with E-state index in [2.05, 4.69) is 36.5 Å². The second-order valence-electron chi connectivity index (χ2n) is 4.21. The van der Waals surface area contributed by atoms with Crippen molar-refractivity contribution in [2.45, 2.75) is 19.9 Å². The van der Waals surface area contributed by atoms with Crippen LogP contribution in [0.3, 0.4) is 0 Å². The fourth-order valence-electron chi connectivity index (χ4n) is 1.96. The lowest BCUT2D eigenvalue weighted by atomic mass is 10.1. The normalized spacial score (nSPS) is 10.3. The Bertz CT molecular complexity index is 538. The van der Waals surface area contributed by atoms with Gasteiger partial charge in [0, 0.05) is 11.6 Å². The summed E-state index contributed by atoms with van der Waals surface area (Å²) in [5.41, 5.74) is 10.2. The zero-order chi connectivity index (χ0) is 13.0. The molecule has 0 saturated carbocycles. The first-order valence-corrected chi connectivity index (χ1v) is 6.44. The van der Waals surface area contributed by atoms with Gasteiger partial charge < -0.3 is 11.1 Å². The Morgan fingerprint density at radius 3 is 2.50 bits per heavy atom. The fourth-order valence-corrected chi connectivity index (χ4v) is 2.14. The number of rotatable bonds is 4. The molecule has 0 unspecified atom stereocenters. The lowest BCUT2D eigenvalue weighted by Crippen LogP contribution is -2.04. The Labute approximate surface area is 113 Å².